The standard InChI is InChI=1S/C22H26F3N3O2/c23-22(24,25)30-18-7-5-17(6-8-18)27-15-13-26(14-16-27)10-2-11-28-12-9-19-20(28)3-1-4-21(19)29/h5-9,12H,1-4,10-11,13-16H2. The van der Waals surface area contributed by atoms with Crippen LogP contribution in [0.3, 0.4) is 0 Å². The first-order valence-electron chi connectivity index (χ1n) is 10.4. The number of fused-ring (bicyclic) bond motifs is 1. The summed E-state index contributed by atoms with van der Waals surface area (Å²) in [5, 5.41) is 0. The molecule has 8 heteroatoms. The molecule has 1 aromatic carbocycles. The van der Waals surface area contributed by atoms with Crippen LogP contribution in [0.4, 0.5) is 18.9 Å². The van der Waals surface area contributed by atoms with Crippen molar-refractivity contribution >= 4 is 11.5 Å². The van der Waals surface area contributed by atoms with Gasteiger partial charge in [-0.05, 0) is 56.1 Å². The molecule has 0 amide bonds. The van der Waals surface area contributed by atoms with Gasteiger partial charge in [0.1, 0.15) is 5.75 Å². The van der Waals surface area contributed by atoms with Crippen LogP contribution in [0.1, 0.15) is 35.3 Å². The molecule has 0 spiro atoms. The third-order valence-electron chi connectivity index (χ3n) is 5.88. The summed E-state index contributed by atoms with van der Waals surface area (Å²) in [6.07, 6.45) is 0.999. The number of nitrogens with zero attached hydrogens (tertiary/aromatic N) is 3. The summed E-state index contributed by atoms with van der Waals surface area (Å²) in [4.78, 5) is 16.6. The Hall–Kier alpha value is -2.48. The zero-order valence-corrected chi connectivity index (χ0v) is 16.8. The maximum atomic E-state index is 12.3. The molecule has 0 N–H and O–H groups in total. The zero-order chi connectivity index (χ0) is 21.1. The summed E-state index contributed by atoms with van der Waals surface area (Å²) in [5.41, 5.74) is 3.00. The van der Waals surface area contributed by atoms with Gasteiger partial charge in [0.2, 0.25) is 0 Å². The fraction of sp³-hybridized carbons (Fsp3) is 0.500. The maximum absolute atomic E-state index is 12.3. The number of aromatic nitrogens is 1. The molecule has 4 rings (SSSR count). The van der Waals surface area contributed by atoms with Gasteiger partial charge in [-0.15, -0.1) is 13.2 Å². The van der Waals surface area contributed by atoms with Gasteiger partial charge >= 0.3 is 6.36 Å². The maximum Gasteiger partial charge on any atom is 0.573 e. The molecule has 1 aromatic heterocycles. The second-order valence-electron chi connectivity index (χ2n) is 7.87. The molecule has 1 saturated heterocycles. The van der Waals surface area contributed by atoms with Crippen LogP contribution in [-0.4, -0.2) is 54.3 Å². The molecule has 0 saturated carbocycles. The molecule has 0 radical (unpaired) electrons. The Kier molecular flexibility index (Phi) is 6.04. The number of hydrogen-bond donors (Lipinski definition) is 0. The third-order valence-corrected chi connectivity index (χ3v) is 5.88. The first-order valence-corrected chi connectivity index (χ1v) is 10.4. The van der Waals surface area contributed by atoms with Crippen LogP contribution in [0.15, 0.2) is 36.5 Å². The number of carbonyl (C=O) groups is 1. The van der Waals surface area contributed by atoms with Crippen LogP contribution in [0.5, 0.6) is 5.75 Å². The molecule has 5 nitrogen and oxygen atoms in total. The van der Waals surface area contributed by atoms with Gasteiger partial charge < -0.3 is 14.2 Å². The molecule has 1 aliphatic heterocycles. The summed E-state index contributed by atoms with van der Waals surface area (Å²) in [7, 11) is 0. The number of alkyl halides is 3. The molecule has 2 aliphatic rings. The topological polar surface area (TPSA) is 37.7 Å². The van der Waals surface area contributed by atoms with Gasteiger partial charge in [0, 0.05) is 62.3 Å². The van der Waals surface area contributed by atoms with Gasteiger partial charge in [-0.3, -0.25) is 9.69 Å². The second kappa shape index (κ2) is 8.71. The number of benzene rings is 1. The molecule has 0 atom stereocenters. The number of Topliss-reactive ketones (excluding diaryl/α,β-unsaturated/α-hetero) is 1. The summed E-state index contributed by atoms with van der Waals surface area (Å²) in [5.74, 6) is 0.0721. The van der Waals surface area contributed by atoms with Crippen molar-refractivity contribution in [3.05, 3.63) is 47.8 Å². The van der Waals surface area contributed by atoms with Gasteiger partial charge in [0.25, 0.3) is 0 Å². The van der Waals surface area contributed by atoms with Crippen LogP contribution in [0.2, 0.25) is 0 Å². The number of anilines is 1. The van der Waals surface area contributed by atoms with E-state index in [2.05, 4.69) is 19.1 Å². The van der Waals surface area contributed by atoms with E-state index in [1.807, 2.05) is 12.3 Å². The normalized spacial score (nSPS) is 17.8. The lowest BCUT2D eigenvalue weighted by molar-refractivity contribution is -0.274. The first-order chi connectivity index (χ1) is 14.4. The smallest absolute Gasteiger partial charge is 0.406 e. The number of hydrogen-bond acceptors (Lipinski definition) is 4. The lowest BCUT2D eigenvalue weighted by atomic mass is 9.97. The number of ether oxygens (including phenoxy) is 1. The van der Waals surface area contributed by atoms with Gasteiger partial charge in [-0.25, -0.2) is 0 Å². The van der Waals surface area contributed by atoms with E-state index in [4.69, 9.17) is 0 Å². The minimum absolute atomic E-state index is 0.196. The summed E-state index contributed by atoms with van der Waals surface area (Å²) in [6.45, 7) is 5.43. The van der Waals surface area contributed by atoms with E-state index < -0.39 is 6.36 Å². The minimum Gasteiger partial charge on any atom is -0.406 e. The lowest BCUT2D eigenvalue weighted by Crippen LogP contribution is -2.46. The molecule has 0 bridgehead atoms. The Morgan fingerprint density at radius 1 is 0.933 bits per heavy atom. The van der Waals surface area contributed by atoms with Crippen molar-refractivity contribution in [3.63, 3.8) is 0 Å². The number of aryl methyl sites for hydroxylation is 1. The van der Waals surface area contributed by atoms with Gasteiger partial charge in [-0.1, -0.05) is 0 Å². The van der Waals surface area contributed by atoms with E-state index >= 15 is 0 Å². The number of piperazine rings is 1. The van der Waals surface area contributed by atoms with Crippen LogP contribution >= 0.6 is 0 Å². The minimum atomic E-state index is -4.66. The number of ketones is 1. The van der Waals surface area contributed by atoms with E-state index in [0.717, 1.165) is 69.8 Å². The first kappa shape index (κ1) is 20.8. The average molecular weight is 421 g/mol. The molecular weight excluding hydrogens is 395 g/mol. The SMILES string of the molecule is O=C1CCCc2c1ccn2CCCN1CCN(c2ccc(OC(F)(F)F)cc2)CC1. The number of rotatable bonds is 6. The van der Waals surface area contributed by atoms with E-state index in [1.165, 1.54) is 17.8 Å². The highest BCUT2D eigenvalue weighted by Crippen LogP contribution is 2.26. The molecular formula is C22H26F3N3O2. The van der Waals surface area contributed by atoms with E-state index in [-0.39, 0.29) is 11.5 Å². The van der Waals surface area contributed by atoms with Crippen molar-refractivity contribution in [1.82, 2.24) is 9.47 Å². The highest BCUT2D eigenvalue weighted by Gasteiger charge is 2.31. The Balaban J connectivity index is 1.22. The van der Waals surface area contributed by atoms with Crippen molar-refractivity contribution < 1.29 is 22.7 Å². The third kappa shape index (κ3) is 4.98. The highest BCUT2D eigenvalue weighted by atomic mass is 19.4. The lowest BCUT2D eigenvalue weighted by Gasteiger charge is -2.36. The van der Waals surface area contributed by atoms with Crippen molar-refractivity contribution in [2.24, 2.45) is 0 Å². The van der Waals surface area contributed by atoms with Crippen LogP contribution < -0.4 is 9.64 Å². The fourth-order valence-electron chi connectivity index (χ4n) is 4.35. The van der Waals surface area contributed by atoms with Crippen LogP contribution in [0.25, 0.3) is 0 Å². The Morgan fingerprint density at radius 3 is 2.37 bits per heavy atom. The Morgan fingerprint density at radius 2 is 1.67 bits per heavy atom. The fourth-order valence-corrected chi connectivity index (χ4v) is 4.35. The predicted octanol–water partition coefficient (Wildman–Crippen LogP) is 4.12. The molecule has 2 aromatic rings. The molecule has 30 heavy (non-hydrogen) atoms. The monoisotopic (exact) mass is 421 g/mol. The summed E-state index contributed by atoms with van der Waals surface area (Å²) in [6, 6.07) is 8.02. The van der Waals surface area contributed by atoms with Gasteiger partial charge in [0.15, 0.2) is 5.78 Å². The van der Waals surface area contributed by atoms with E-state index in [0.29, 0.717) is 6.42 Å². The summed E-state index contributed by atoms with van der Waals surface area (Å²) >= 11 is 0. The van der Waals surface area contributed by atoms with Crippen molar-refractivity contribution in [3.8, 4) is 5.75 Å². The van der Waals surface area contributed by atoms with Crippen LogP contribution in [0, 0.1) is 0 Å². The Labute approximate surface area is 174 Å². The number of carbonyl (C=O) groups excluding carboxylic acids is 1. The average Bonchev–Trinajstić information content (AvgIpc) is 3.13. The van der Waals surface area contributed by atoms with Crippen molar-refractivity contribution in [2.45, 2.75) is 38.6 Å². The van der Waals surface area contributed by atoms with Gasteiger partial charge in [-0.2, -0.15) is 0 Å². The molecule has 1 aliphatic carbocycles. The largest absolute Gasteiger partial charge is 0.573 e. The zero-order valence-electron chi connectivity index (χ0n) is 16.8. The van der Waals surface area contributed by atoms with E-state index in [1.54, 1.807) is 12.1 Å². The van der Waals surface area contributed by atoms with Crippen molar-refractivity contribution in [1.29, 1.82) is 0 Å². The quantitative estimate of drug-likeness (QED) is 0.703. The molecule has 2 heterocycles. The molecule has 0 unspecified atom stereocenters. The van der Waals surface area contributed by atoms with Crippen molar-refractivity contribution in [2.75, 3.05) is 37.6 Å². The summed E-state index contributed by atoms with van der Waals surface area (Å²) < 4.78 is 43.0. The van der Waals surface area contributed by atoms with E-state index in [9.17, 15) is 18.0 Å². The Bertz CT molecular complexity index is 869. The van der Waals surface area contributed by atoms with Crippen LogP contribution in [-0.2, 0) is 13.0 Å². The second-order valence-corrected chi connectivity index (χ2v) is 7.87. The molecule has 1 fully saturated rings. The number of halogens is 3. The van der Waals surface area contributed by atoms with Gasteiger partial charge in [0.05, 0.1) is 0 Å². The predicted molar refractivity (Wildman–Crippen MR) is 108 cm³/mol. The highest BCUT2D eigenvalue weighted by molar-refractivity contribution is 5.98. The molecule has 162 valence electrons.